The van der Waals surface area contributed by atoms with Crippen molar-refractivity contribution in [2.24, 2.45) is 0 Å². The average Bonchev–Trinajstić information content (AvgIpc) is 2.61. The molecule has 1 aliphatic rings. The number of rotatable bonds is 7. The second-order valence-electron chi connectivity index (χ2n) is 6.35. The molecule has 0 aromatic carbocycles. The molecular formula is C17H32N4O7. The zero-order chi connectivity index (χ0) is 21.4. The molecule has 1 aliphatic heterocycles. The van der Waals surface area contributed by atoms with Gasteiger partial charge in [0.25, 0.3) is 6.47 Å². The van der Waals surface area contributed by atoms with Crippen LogP contribution in [-0.4, -0.2) is 138 Å². The van der Waals surface area contributed by atoms with E-state index in [1.807, 2.05) is 9.80 Å². The fourth-order valence-corrected chi connectivity index (χ4v) is 2.88. The molecule has 1 fully saturated rings. The number of hydrogen-bond donors (Lipinski definition) is 3. The quantitative estimate of drug-likeness (QED) is 0.418. The van der Waals surface area contributed by atoms with E-state index in [1.54, 1.807) is 4.90 Å². The number of aliphatic carboxylic acids is 2. The van der Waals surface area contributed by atoms with Crippen LogP contribution in [0.1, 0.15) is 6.92 Å². The van der Waals surface area contributed by atoms with Crippen LogP contribution < -0.4 is 0 Å². The van der Waals surface area contributed by atoms with Crippen molar-refractivity contribution in [2.45, 2.75) is 6.92 Å². The van der Waals surface area contributed by atoms with Gasteiger partial charge in [-0.3, -0.25) is 29.1 Å². The number of likely N-dealkylation sites (N-methyl/N-ethyl adjacent to an activating group) is 1. The third-order valence-electron chi connectivity index (χ3n) is 4.43. The normalized spacial score (nSPS) is 18.8. The summed E-state index contributed by atoms with van der Waals surface area (Å²) in [6, 6.07) is 0. The highest BCUT2D eigenvalue weighted by Crippen LogP contribution is 2.00. The SMILES string of the molecule is CCN1CCN(CC=O)CCN(CC(=O)O)CCN(CC(=O)O)CC1.O=CO. The molecule has 0 aliphatic carbocycles. The molecular weight excluding hydrogens is 372 g/mol. The Hall–Kier alpha value is -2.08. The van der Waals surface area contributed by atoms with Crippen molar-refractivity contribution in [3.63, 3.8) is 0 Å². The Bertz CT molecular complexity index is 478. The van der Waals surface area contributed by atoms with Gasteiger partial charge in [0.05, 0.1) is 19.6 Å². The predicted molar refractivity (Wildman–Crippen MR) is 101 cm³/mol. The summed E-state index contributed by atoms with van der Waals surface area (Å²) in [6.07, 6.45) is 0.873. The highest BCUT2D eigenvalue weighted by atomic mass is 16.4. The maximum absolute atomic E-state index is 11.1. The highest BCUT2D eigenvalue weighted by Gasteiger charge is 2.18. The number of hydrogen-bond acceptors (Lipinski definition) is 8. The van der Waals surface area contributed by atoms with E-state index in [9.17, 15) is 14.4 Å². The maximum Gasteiger partial charge on any atom is 0.317 e. The second kappa shape index (κ2) is 15.9. The van der Waals surface area contributed by atoms with E-state index in [0.29, 0.717) is 39.3 Å². The number of carboxylic acids is 2. The molecule has 0 amide bonds. The average molecular weight is 404 g/mol. The van der Waals surface area contributed by atoms with Gasteiger partial charge in [-0.1, -0.05) is 6.92 Å². The van der Waals surface area contributed by atoms with Gasteiger partial charge in [-0.15, -0.1) is 0 Å². The molecule has 3 N–H and O–H groups in total. The van der Waals surface area contributed by atoms with Crippen molar-refractivity contribution in [3.05, 3.63) is 0 Å². The summed E-state index contributed by atoms with van der Waals surface area (Å²) in [7, 11) is 0. The Morgan fingerprint density at radius 3 is 1.36 bits per heavy atom. The van der Waals surface area contributed by atoms with Crippen LogP contribution in [-0.2, 0) is 19.2 Å². The van der Waals surface area contributed by atoms with Gasteiger partial charge in [0, 0.05) is 52.4 Å². The molecule has 1 saturated heterocycles. The Morgan fingerprint density at radius 1 is 0.750 bits per heavy atom. The molecule has 162 valence electrons. The van der Waals surface area contributed by atoms with Gasteiger partial charge >= 0.3 is 11.9 Å². The van der Waals surface area contributed by atoms with Gasteiger partial charge in [0.2, 0.25) is 0 Å². The van der Waals surface area contributed by atoms with Gasteiger partial charge in [-0.05, 0) is 6.54 Å². The van der Waals surface area contributed by atoms with Crippen LogP contribution in [0.3, 0.4) is 0 Å². The molecule has 11 heteroatoms. The molecule has 0 radical (unpaired) electrons. The number of carbonyl (C=O) groups is 4. The fourth-order valence-electron chi connectivity index (χ4n) is 2.88. The molecule has 11 nitrogen and oxygen atoms in total. The molecule has 0 bridgehead atoms. The molecule has 0 atom stereocenters. The van der Waals surface area contributed by atoms with E-state index >= 15 is 0 Å². The smallest absolute Gasteiger partial charge is 0.317 e. The van der Waals surface area contributed by atoms with Crippen molar-refractivity contribution in [2.75, 3.05) is 78.5 Å². The minimum Gasteiger partial charge on any atom is -0.483 e. The van der Waals surface area contributed by atoms with Crippen LogP contribution in [0.2, 0.25) is 0 Å². The van der Waals surface area contributed by atoms with Gasteiger partial charge in [0.1, 0.15) is 6.29 Å². The molecule has 0 aromatic rings. The first kappa shape index (κ1) is 25.9. The van der Waals surface area contributed by atoms with Crippen molar-refractivity contribution < 1.29 is 34.5 Å². The minimum absolute atomic E-state index is 0.0459. The van der Waals surface area contributed by atoms with Crippen LogP contribution in [0.25, 0.3) is 0 Å². The molecule has 28 heavy (non-hydrogen) atoms. The van der Waals surface area contributed by atoms with E-state index in [1.165, 1.54) is 0 Å². The third kappa shape index (κ3) is 13.1. The van der Waals surface area contributed by atoms with Crippen molar-refractivity contribution in [1.82, 2.24) is 19.6 Å². The molecule has 0 aromatic heterocycles. The lowest BCUT2D eigenvalue weighted by molar-refractivity contribution is -0.140. The third-order valence-corrected chi connectivity index (χ3v) is 4.43. The van der Waals surface area contributed by atoms with E-state index in [2.05, 4.69) is 11.8 Å². The van der Waals surface area contributed by atoms with Gasteiger partial charge in [-0.25, -0.2) is 0 Å². The monoisotopic (exact) mass is 404 g/mol. The summed E-state index contributed by atoms with van der Waals surface area (Å²) in [4.78, 5) is 49.3. The van der Waals surface area contributed by atoms with E-state index in [0.717, 1.165) is 32.5 Å². The van der Waals surface area contributed by atoms with E-state index in [4.69, 9.17) is 20.1 Å². The van der Waals surface area contributed by atoms with Crippen LogP contribution in [0.15, 0.2) is 0 Å². The first-order valence-electron chi connectivity index (χ1n) is 9.20. The summed E-state index contributed by atoms with van der Waals surface area (Å²) in [5, 5.41) is 25.0. The topological polar surface area (TPSA) is 142 Å². The lowest BCUT2D eigenvalue weighted by Gasteiger charge is -2.32. The molecule has 0 spiro atoms. The maximum atomic E-state index is 11.1. The lowest BCUT2D eigenvalue weighted by atomic mass is 10.3. The van der Waals surface area contributed by atoms with Crippen LogP contribution in [0.4, 0.5) is 0 Å². The number of aldehydes is 1. The van der Waals surface area contributed by atoms with Crippen molar-refractivity contribution >= 4 is 24.7 Å². The number of nitrogens with zero attached hydrogens (tertiary/aromatic N) is 4. The molecule has 1 rings (SSSR count). The molecule has 0 saturated carbocycles. The minimum atomic E-state index is -0.907. The summed E-state index contributed by atoms with van der Waals surface area (Å²) in [5.74, 6) is -1.78. The van der Waals surface area contributed by atoms with Gasteiger partial charge < -0.3 is 25.0 Å². The summed E-state index contributed by atoms with van der Waals surface area (Å²) >= 11 is 0. The van der Waals surface area contributed by atoms with Crippen molar-refractivity contribution in [3.8, 4) is 0 Å². The van der Waals surface area contributed by atoms with Gasteiger partial charge in [-0.2, -0.15) is 0 Å². The van der Waals surface area contributed by atoms with E-state index < -0.39 is 11.9 Å². The molecule has 1 heterocycles. The predicted octanol–water partition coefficient (Wildman–Crippen LogP) is -1.70. The zero-order valence-corrected chi connectivity index (χ0v) is 16.4. The summed E-state index contributed by atoms with van der Waals surface area (Å²) in [5.41, 5.74) is 0. The zero-order valence-electron chi connectivity index (χ0n) is 16.4. The standard InChI is InChI=1S/C16H30N4O5.CH2O2/c1-2-17-3-5-18(11-12-21)6-8-20(14-16(24)25)10-9-19(7-4-17)13-15(22)23;2-1-3/h12H,2-11,13-14H2,1H3,(H,22,23)(H,24,25);1H,(H,2,3). The first-order chi connectivity index (χ1) is 13.4. The van der Waals surface area contributed by atoms with Gasteiger partial charge in [0.15, 0.2) is 0 Å². The number of carboxylic acid groups (broad SMARTS) is 3. The Labute approximate surface area is 165 Å². The first-order valence-corrected chi connectivity index (χ1v) is 9.20. The van der Waals surface area contributed by atoms with Crippen LogP contribution >= 0.6 is 0 Å². The Balaban J connectivity index is 0.00000227. The fraction of sp³-hybridized carbons (Fsp3) is 0.765. The largest absolute Gasteiger partial charge is 0.483 e. The van der Waals surface area contributed by atoms with Crippen LogP contribution in [0.5, 0.6) is 0 Å². The van der Waals surface area contributed by atoms with Crippen molar-refractivity contribution in [1.29, 1.82) is 0 Å². The Kier molecular flexibility index (Phi) is 14.7. The van der Waals surface area contributed by atoms with Crippen LogP contribution in [0, 0.1) is 0 Å². The number of carbonyl (C=O) groups excluding carboxylic acids is 1. The van der Waals surface area contributed by atoms with E-state index in [-0.39, 0.29) is 19.6 Å². The second-order valence-corrected chi connectivity index (χ2v) is 6.35. The Morgan fingerprint density at radius 2 is 1.07 bits per heavy atom. The molecule has 0 unspecified atom stereocenters. The lowest BCUT2D eigenvalue weighted by Crippen LogP contribution is -2.47. The summed E-state index contributed by atoms with van der Waals surface area (Å²) in [6.45, 7) is 7.91. The highest BCUT2D eigenvalue weighted by molar-refractivity contribution is 5.69. The summed E-state index contributed by atoms with van der Waals surface area (Å²) < 4.78 is 0.